The van der Waals surface area contributed by atoms with E-state index in [2.05, 4.69) is 88.4 Å². The third kappa shape index (κ3) is 3.28. The predicted octanol–water partition coefficient (Wildman–Crippen LogP) is 5.88. The fourth-order valence-corrected chi connectivity index (χ4v) is 4.77. The van der Waals surface area contributed by atoms with Crippen LogP contribution in [0.4, 0.5) is 0 Å². The SMILES string of the molecule is CCn1c2ccccc2c2nnc(SC(c3ccccc3)c3ccccc3)nc21. The molecule has 0 saturated heterocycles. The number of thioether (sulfide) groups is 1. The van der Waals surface area contributed by atoms with Gasteiger partial charge in [0.15, 0.2) is 5.65 Å². The van der Waals surface area contributed by atoms with Crippen LogP contribution in [0.25, 0.3) is 22.1 Å². The normalized spacial score (nSPS) is 11.5. The van der Waals surface area contributed by atoms with Crippen LogP contribution in [0.1, 0.15) is 23.3 Å². The summed E-state index contributed by atoms with van der Waals surface area (Å²) in [4.78, 5) is 4.93. The molecule has 0 aliphatic carbocycles. The number of rotatable bonds is 5. The Labute approximate surface area is 173 Å². The zero-order chi connectivity index (χ0) is 19.6. The Hall–Kier alpha value is -3.18. The van der Waals surface area contributed by atoms with Crippen molar-refractivity contribution in [1.29, 1.82) is 0 Å². The van der Waals surface area contributed by atoms with Crippen LogP contribution in [0, 0.1) is 0 Å². The summed E-state index contributed by atoms with van der Waals surface area (Å²) < 4.78 is 2.21. The quantitative estimate of drug-likeness (QED) is 0.348. The molecule has 0 saturated carbocycles. The maximum atomic E-state index is 4.93. The van der Waals surface area contributed by atoms with E-state index in [0.717, 1.165) is 28.6 Å². The molecule has 0 aliphatic rings. The monoisotopic (exact) mass is 396 g/mol. The van der Waals surface area contributed by atoms with Crippen molar-refractivity contribution in [2.75, 3.05) is 0 Å². The average molecular weight is 397 g/mol. The molecule has 0 bridgehead atoms. The first-order valence-electron chi connectivity index (χ1n) is 9.73. The number of aryl methyl sites for hydroxylation is 1. The van der Waals surface area contributed by atoms with E-state index in [0.29, 0.717) is 5.16 Å². The van der Waals surface area contributed by atoms with Gasteiger partial charge in [-0.15, -0.1) is 10.2 Å². The lowest BCUT2D eigenvalue weighted by Crippen LogP contribution is -2.02. The Morgan fingerprint density at radius 2 is 1.41 bits per heavy atom. The molecule has 2 aromatic heterocycles. The summed E-state index contributed by atoms with van der Waals surface area (Å²) in [6.45, 7) is 2.98. The Morgan fingerprint density at radius 3 is 2.07 bits per heavy atom. The molecule has 142 valence electrons. The topological polar surface area (TPSA) is 43.6 Å². The molecule has 3 aromatic carbocycles. The third-order valence-corrected chi connectivity index (χ3v) is 6.26. The van der Waals surface area contributed by atoms with Crippen molar-refractivity contribution in [2.24, 2.45) is 0 Å². The van der Waals surface area contributed by atoms with Crippen LogP contribution in [0.2, 0.25) is 0 Å². The van der Waals surface area contributed by atoms with Crippen LogP contribution in [-0.4, -0.2) is 19.7 Å². The summed E-state index contributed by atoms with van der Waals surface area (Å²) in [6.07, 6.45) is 0. The first kappa shape index (κ1) is 17.9. The number of nitrogens with zero attached hydrogens (tertiary/aromatic N) is 4. The molecular formula is C24H20N4S. The largest absolute Gasteiger partial charge is 0.324 e. The molecule has 0 aliphatic heterocycles. The third-order valence-electron chi connectivity index (χ3n) is 5.10. The van der Waals surface area contributed by atoms with Gasteiger partial charge in [0, 0.05) is 11.9 Å². The van der Waals surface area contributed by atoms with Crippen LogP contribution >= 0.6 is 11.8 Å². The van der Waals surface area contributed by atoms with Gasteiger partial charge >= 0.3 is 0 Å². The van der Waals surface area contributed by atoms with Crippen molar-refractivity contribution < 1.29 is 0 Å². The second-order valence-corrected chi connectivity index (χ2v) is 7.92. The summed E-state index contributed by atoms with van der Waals surface area (Å²) in [5.74, 6) is 0. The van der Waals surface area contributed by atoms with Crippen LogP contribution in [-0.2, 0) is 6.54 Å². The second kappa shape index (κ2) is 7.68. The molecule has 0 atom stereocenters. The molecule has 0 radical (unpaired) electrons. The van der Waals surface area contributed by atoms with Gasteiger partial charge in [-0.2, -0.15) is 0 Å². The minimum Gasteiger partial charge on any atom is -0.324 e. The molecule has 4 nitrogen and oxygen atoms in total. The maximum absolute atomic E-state index is 4.93. The van der Waals surface area contributed by atoms with Crippen molar-refractivity contribution in [3.8, 4) is 0 Å². The van der Waals surface area contributed by atoms with E-state index in [9.17, 15) is 0 Å². The fourth-order valence-electron chi connectivity index (χ4n) is 3.75. The van der Waals surface area contributed by atoms with Gasteiger partial charge in [0.05, 0.1) is 10.8 Å². The van der Waals surface area contributed by atoms with Gasteiger partial charge in [-0.25, -0.2) is 4.98 Å². The van der Waals surface area contributed by atoms with Crippen LogP contribution in [0.5, 0.6) is 0 Å². The summed E-state index contributed by atoms with van der Waals surface area (Å²) in [7, 11) is 0. The van der Waals surface area contributed by atoms with Crippen molar-refractivity contribution in [1.82, 2.24) is 19.7 Å². The Morgan fingerprint density at radius 1 is 0.793 bits per heavy atom. The lowest BCUT2D eigenvalue weighted by Gasteiger charge is -2.16. The number of fused-ring (bicyclic) bond motifs is 3. The molecule has 0 amide bonds. The molecular weight excluding hydrogens is 376 g/mol. The number of aromatic nitrogens is 4. The molecule has 29 heavy (non-hydrogen) atoms. The fraction of sp³-hybridized carbons (Fsp3) is 0.125. The molecule has 5 aromatic rings. The minimum absolute atomic E-state index is 0.108. The molecule has 5 heteroatoms. The zero-order valence-corrected chi connectivity index (χ0v) is 16.9. The highest BCUT2D eigenvalue weighted by Gasteiger charge is 2.19. The summed E-state index contributed by atoms with van der Waals surface area (Å²) in [5.41, 5.74) is 5.36. The lowest BCUT2D eigenvalue weighted by molar-refractivity contribution is 0.788. The van der Waals surface area contributed by atoms with Gasteiger partial charge in [-0.3, -0.25) is 0 Å². The molecule has 5 rings (SSSR count). The summed E-state index contributed by atoms with van der Waals surface area (Å²) in [6, 6.07) is 29.3. The smallest absolute Gasteiger partial charge is 0.212 e. The first-order valence-corrected chi connectivity index (χ1v) is 10.6. The number of para-hydroxylation sites is 1. The second-order valence-electron chi connectivity index (χ2n) is 6.85. The number of hydrogen-bond acceptors (Lipinski definition) is 4. The van der Waals surface area contributed by atoms with Crippen LogP contribution < -0.4 is 0 Å². The van der Waals surface area contributed by atoms with Gasteiger partial charge in [0.1, 0.15) is 5.52 Å². The van der Waals surface area contributed by atoms with E-state index in [1.54, 1.807) is 11.8 Å². The highest BCUT2D eigenvalue weighted by atomic mass is 32.2. The standard InChI is InChI=1S/C24H20N4S/c1-2-28-20-16-10-9-15-19(20)21-23(28)25-24(27-26-21)29-22(17-11-5-3-6-12-17)18-13-7-4-8-14-18/h3-16,22H,2H2,1H3. The number of benzene rings is 3. The van der Waals surface area contributed by atoms with Crippen molar-refractivity contribution in [3.63, 3.8) is 0 Å². The van der Waals surface area contributed by atoms with Crippen molar-refractivity contribution in [2.45, 2.75) is 23.9 Å². The molecule has 0 N–H and O–H groups in total. The highest BCUT2D eigenvalue weighted by molar-refractivity contribution is 7.99. The zero-order valence-electron chi connectivity index (χ0n) is 16.1. The van der Waals surface area contributed by atoms with E-state index in [4.69, 9.17) is 4.98 Å². The summed E-state index contributed by atoms with van der Waals surface area (Å²) in [5, 5.41) is 10.9. The maximum Gasteiger partial charge on any atom is 0.212 e. The molecule has 0 unspecified atom stereocenters. The van der Waals surface area contributed by atoms with Crippen molar-refractivity contribution >= 4 is 33.8 Å². The Kier molecular flexibility index (Phi) is 4.74. The van der Waals surface area contributed by atoms with E-state index in [-0.39, 0.29) is 5.25 Å². The average Bonchev–Trinajstić information content (AvgIpc) is 3.11. The Balaban J connectivity index is 1.61. The minimum atomic E-state index is 0.108. The van der Waals surface area contributed by atoms with Crippen LogP contribution in [0.3, 0.4) is 0 Å². The summed E-state index contributed by atoms with van der Waals surface area (Å²) >= 11 is 1.64. The van der Waals surface area contributed by atoms with E-state index < -0.39 is 0 Å². The molecule has 2 heterocycles. The predicted molar refractivity (Wildman–Crippen MR) is 119 cm³/mol. The molecule has 0 spiro atoms. The lowest BCUT2D eigenvalue weighted by atomic mass is 10.0. The van der Waals surface area contributed by atoms with E-state index in [1.165, 1.54) is 11.1 Å². The Bertz CT molecular complexity index is 1230. The van der Waals surface area contributed by atoms with Crippen molar-refractivity contribution in [3.05, 3.63) is 96.1 Å². The number of hydrogen-bond donors (Lipinski definition) is 0. The van der Waals surface area contributed by atoms with Gasteiger partial charge in [-0.05, 0) is 24.1 Å². The van der Waals surface area contributed by atoms with E-state index in [1.807, 2.05) is 18.2 Å². The van der Waals surface area contributed by atoms with E-state index >= 15 is 0 Å². The van der Waals surface area contributed by atoms with Gasteiger partial charge in [-0.1, -0.05) is 90.6 Å². The molecule has 0 fully saturated rings. The van der Waals surface area contributed by atoms with Crippen LogP contribution in [0.15, 0.2) is 90.1 Å². The first-order chi connectivity index (χ1) is 14.3. The van der Waals surface area contributed by atoms with Gasteiger partial charge < -0.3 is 4.57 Å². The highest BCUT2D eigenvalue weighted by Crippen LogP contribution is 2.39. The van der Waals surface area contributed by atoms with Gasteiger partial charge in [0.2, 0.25) is 5.16 Å². The van der Waals surface area contributed by atoms with Gasteiger partial charge in [0.25, 0.3) is 0 Å².